The lowest BCUT2D eigenvalue weighted by atomic mass is 10.1. The van der Waals surface area contributed by atoms with Crippen molar-refractivity contribution in [1.82, 2.24) is 10.5 Å². The van der Waals surface area contributed by atoms with E-state index in [0.717, 1.165) is 18.2 Å². The smallest absolute Gasteiger partial charge is 0.226 e. The van der Waals surface area contributed by atoms with Crippen LogP contribution in [0.4, 0.5) is 0 Å². The van der Waals surface area contributed by atoms with Crippen molar-refractivity contribution < 1.29 is 9.32 Å². The van der Waals surface area contributed by atoms with Crippen molar-refractivity contribution in [2.24, 2.45) is 0 Å². The van der Waals surface area contributed by atoms with Crippen LogP contribution in [-0.4, -0.2) is 17.1 Å². The van der Waals surface area contributed by atoms with Crippen LogP contribution < -0.4 is 5.32 Å². The minimum Gasteiger partial charge on any atom is -0.356 e. The molecular formula is C19H20N2O2. The third-order valence-corrected chi connectivity index (χ3v) is 3.90. The number of hydrogen-bond donors (Lipinski definition) is 1. The van der Waals surface area contributed by atoms with Crippen LogP contribution in [0.5, 0.6) is 0 Å². The lowest BCUT2D eigenvalue weighted by Crippen LogP contribution is -2.34. The first-order valence-corrected chi connectivity index (χ1v) is 7.89. The topological polar surface area (TPSA) is 55.1 Å². The average molecular weight is 308 g/mol. The zero-order valence-corrected chi connectivity index (χ0v) is 13.2. The molecule has 1 amide bonds. The second kappa shape index (κ2) is 7.09. The number of nitrogens with zero attached hydrogens (tertiary/aromatic N) is 1. The largest absolute Gasteiger partial charge is 0.356 e. The van der Waals surface area contributed by atoms with Crippen molar-refractivity contribution in [2.45, 2.75) is 32.2 Å². The van der Waals surface area contributed by atoms with Crippen LogP contribution in [0.3, 0.4) is 0 Å². The molecule has 0 saturated carbocycles. The highest BCUT2D eigenvalue weighted by atomic mass is 16.5. The van der Waals surface area contributed by atoms with Crippen molar-refractivity contribution in [3.8, 4) is 0 Å². The van der Waals surface area contributed by atoms with Gasteiger partial charge in [-0.3, -0.25) is 4.79 Å². The van der Waals surface area contributed by atoms with E-state index in [-0.39, 0.29) is 18.4 Å². The molecule has 0 bridgehead atoms. The Morgan fingerprint density at radius 3 is 2.70 bits per heavy atom. The Labute approximate surface area is 135 Å². The van der Waals surface area contributed by atoms with E-state index in [4.69, 9.17) is 4.52 Å². The third-order valence-electron chi connectivity index (χ3n) is 3.90. The summed E-state index contributed by atoms with van der Waals surface area (Å²) in [5, 5.41) is 7.94. The molecule has 3 rings (SSSR count). The van der Waals surface area contributed by atoms with Gasteiger partial charge in [0.15, 0.2) is 5.58 Å². The summed E-state index contributed by atoms with van der Waals surface area (Å²) in [7, 11) is 0. The Hall–Kier alpha value is -2.62. The maximum absolute atomic E-state index is 12.2. The van der Waals surface area contributed by atoms with Gasteiger partial charge in [-0.1, -0.05) is 47.6 Å². The molecule has 23 heavy (non-hydrogen) atoms. The molecule has 3 aromatic rings. The van der Waals surface area contributed by atoms with Gasteiger partial charge in [-0.25, -0.2) is 0 Å². The lowest BCUT2D eigenvalue weighted by Gasteiger charge is -2.13. The van der Waals surface area contributed by atoms with E-state index in [1.54, 1.807) is 0 Å². The Morgan fingerprint density at radius 2 is 1.87 bits per heavy atom. The van der Waals surface area contributed by atoms with Crippen molar-refractivity contribution >= 4 is 16.9 Å². The molecule has 118 valence electrons. The number of amides is 1. The molecule has 0 fully saturated rings. The van der Waals surface area contributed by atoms with Gasteiger partial charge in [-0.05, 0) is 37.5 Å². The number of para-hydroxylation sites is 1. The Morgan fingerprint density at radius 1 is 1.13 bits per heavy atom. The standard InChI is InChI=1S/C19H20N2O2/c1-14(11-12-15-7-3-2-4-8-15)20-19(22)13-17-16-9-5-6-10-18(16)23-21-17/h2-10,14H,11-13H2,1H3,(H,20,22). The van der Waals surface area contributed by atoms with Gasteiger partial charge in [0.1, 0.15) is 5.69 Å². The number of aryl methyl sites for hydroxylation is 1. The summed E-state index contributed by atoms with van der Waals surface area (Å²) in [5.41, 5.74) is 2.69. The molecule has 0 radical (unpaired) electrons. The molecule has 0 saturated heterocycles. The fourth-order valence-corrected chi connectivity index (χ4v) is 2.64. The highest BCUT2D eigenvalue weighted by molar-refractivity contribution is 5.86. The molecule has 4 heteroatoms. The third kappa shape index (κ3) is 3.97. The van der Waals surface area contributed by atoms with Crippen molar-refractivity contribution in [1.29, 1.82) is 0 Å². The summed E-state index contributed by atoms with van der Waals surface area (Å²) in [5.74, 6) is -0.0235. The minimum atomic E-state index is -0.0235. The van der Waals surface area contributed by atoms with E-state index in [1.807, 2.05) is 49.4 Å². The van der Waals surface area contributed by atoms with E-state index in [1.165, 1.54) is 5.56 Å². The van der Waals surface area contributed by atoms with Gasteiger partial charge in [0.05, 0.1) is 6.42 Å². The molecular weight excluding hydrogens is 288 g/mol. The van der Waals surface area contributed by atoms with Gasteiger partial charge in [0, 0.05) is 11.4 Å². The van der Waals surface area contributed by atoms with Gasteiger partial charge in [0.2, 0.25) is 5.91 Å². The van der Waals surface area contributed by atoms with Crippen LogP contribution >= 0.6 is 0 Å². The van der Waals surface area contributed by atoms with Crippen LogP contribution in [-0.2, 0) is 17.6 Å². The first kappa shape index (κ1) is 15.3. The molecule has 1 atom stereocenters. The Kier molecular flexibility index (Phi) is 4.71. The van der Waals surface area contributed by atoms with Gasteiger partial charge in [-0.15, -0.1) is 0 Å². The van der Waals surface area contributed by atoms with Gasteiger partial charge < -0.3 is 9.84 Å². The number of nitrogens with one attached hydrogen (secondary N) is 1. The summed E-state index contributed by atoms with van der Waals surface area (Å²) in [6.45, 7) is 2.03. The highest BCUT2D eigenvalue weighted by Crippen LogP contribution is 2.18. The van der Waals surface area contributed by atoms with Crippen LogP contribution in [0.2, 0.25) is 0 Å². The van der Waals surface area contributed by atoms with E-state index < -0.39 is 0 Å². The normalized spacial score (nSPS) is 12.2. The monoisotopic (exact) mass is 308 g/mol. The molecule has 0 spiro atoms. The minimum absolute atomic E-state index is 0.0235. The van der Waals surface area contributed by atoms with E-state index in [2.05, 4.69) is 22.6 Å². The first-order chi connectivity index (χ1) is 11.2. The second-order valence-corrected chi connectivity index (χ2v) is 5.80. The van der Waals surface area contributed by atoms with Crippen LogP contribution in [0.25, 0.3) is 11.0 Å². The molecule has 0 aliphatic rings. The fraction of sp³-hybridized carbons (Fsp3) is 0.263. The predicted octanol–water partition coefficient (Wildman–Crippen LogP) is 3.51. The van der Waals surface area contributed by atoms with Crippen molar-refractivity contribution in [2.75, 3.05) is 0 Å². The molecule has 1 aromatic heterocycles. The van der Waals surface area contributed by atoms with Gasteiger partial charge in [-0.2, -0.15) is 0 Å². The number of hydrogen-bond acceptors (Lipinski definition) is 3. The second-order valence-electron chi connectivity index (χ2n) is 5.80. The quantitative estimate of drug-likeness (QED) is 0.758. The number of aromatic nitrogens is 1. The maximum atomic E-state index is 12.2. The number of carbonyl (C=O) groups excluding carboxylic acids is 1. The van der Waals surface area contributed by atoms with E-state index in [9.17, 15) is 4.79 Å². The number of carbonyl (C=O) groups is 1. The summed E-state index contributed by atoms with van der Waals surface area (Å²) in [6.07, 6.45) is 2.11. The molecule has 0 aliphatic heterocycles. The van der Waals surface area contributed by atoms with Crippen LogP contribution in [0.1, 0.15) is 24.6 Å². The van der Waals surface area contributed by atoms with E-state index in [0.29, 0.717) is 11.3 Å². The number of benzene rings is 2. The molecule has 4 nitrogen and oxygen atoms in total. The van der Waals surface area contributed by atoms with Gasteiger partial charge >= 0.3 is 0 Å². The predicted molar refractivity (Wildman–Crippen MR) is 90.1 cm³/mol. The molecule has 1 heterocycles. The average Bonchev–Trinajstić information content (AvgIpc) is 2.97. The summed E-state index contributed by atoms with van der Waals surface area (Å²) in [6, 6.07) is 18.0. The molecule has 1 N–H and O–H groups in total. The van der Waals surface area contributed by atoms with Crippen LogP contribution in [0.15, 0.2) is 59.1 Å². The van der Waals surface area contributed by atoms with Crippen molar-refractivity contribution in [3.05, 3.63) is 65.9 Å². The molecule has 0 aliphatic carbocycles. The molecule has 2 aromatic carbocycles. The highest BCUT2D eigenvalue weighted by Gasteiger charge is 2.13. The number of fused-ring (bicyclic) bond motifs is 1. The fourth-order valence-electron chi connectivity index (χ4n) is 2.64. The maximum Gasteiger partial charge on any atom is 0.226 e. The first-order valence-electron chi connectivity index (χ1n) is 7.89. The Balaban J connectivity index is 1.52. The Bertz CT molecular complexity index is 780. The summed E-state index contributed by atoms with van der Waals surface area (Å²) in [4.78, 5) is 12.2. The SMILES string of the molecule is CC(CCc1ccccc1)NC(=O)Cc1noc2ccccc12. The summed E-state index contributed by atoms with van der Waals surface area (Å²) >= 11 is 0. The zero-order chi connectivity index (χ0) is 16.1. The molecule has 1 unspecified atom stereocenters. The van der Waals surface area contributed by atoms with Gasteiger partial charge in [0.25, 0.3) is 0 Å². The zero-order valence-electron chi connectivity index (χ0n) is 13.2. The van der Waals surface area contributed by atoms with Crippen LogP contribution in [0, 0.1) is 0 Å². The summed E-state index contributed by atoms with van der Waals surface area (Å²) < 4.78 is 5.23. The van der Waals surface area contributed by atoms with E-state index >= 15 is 0 Å². The van der Waals surface area contributed by atoms with Crippen molar-refractivity contribution in [3.63, 3.8) is 0 Å². The lowest BCUT2D eigenvalue weighted by molar-refractivity contribution is -0.121. The number of rotatable bonds is 6.